The number of aryl methyl sites for hydroxylation is 1. The summed E-state index contributed by atoms with van der Waals surface area (Å²) >= 11 is 3.25. The normalized spacial score (nSPS) is 10.8. The second-order valence-electron chi connectivity index (χ2n) is 4.68. The average molecular weight is 364 g/mol. The van der Waals surface area contributed by atoms with Gasteiger partial charge in [0.15, 0.2) is 0 Å². The molecule has 0 fully saturated rings. The zero-order valence-corrected chi connectivity index (χ0v) is 13.4. The van der Waals surface area contributed by atoms with Crippen LogP contribution >= 0.6 is 15.9 Å². The topological polar surface area (TPSA) is 93.4 Å². The van der Waals surface area contributed by atoms with E-state index in [1.165, 1.54) is 6.20 Å². The lowest BCUT2D eigenvalue weighted by Gasteiger charge is -2.00. The van der Waals surface area contributed by atoms with E-state index in [-0.39, 0.29) is 5.91 Å². The number of H-pyrrole nitrogens is 1. The van der Waals surface area contributed by atoms with Gasteiger partial charge in [0.05, 0.1) is 35.3 Å². The predicted molar refractivity (Wildman–Crippen MR) is 83.5 cm³/mol. The third kappa shape index (κ3) is 3.08. The lowest BCUT2D eigenvalue weighted by molar-refractivity contribution is 0.102. The Hall–Kier alpha value is -2.42. The molecule has 0 unspecified atom stereocenters. The Labute approximate surface area is 134 Å². The van der Waals surface area contributed by atoms with Gasteiger partial charge in [-0.3, -0.25) is 19.3 Å². The van der Waals surface area contributed by atoms with Gasteiger partial charge in [-0.1, -0.05) is 0 Å². The molecule has 9 heteroatoms. The molecule has 3 heterocycles. The first-order chi connectivity index (χ1) is 10.7. The number of rotatable bonds is 5. The van der Waals surface area contributed by atoms with Gasteiger partial charge < -0.3 is 5.32 Å². The molecule has 0 bridgehead atoms. The van der Waals surface area contributed by atoms with E-state index >= 15 is 0 Å². The second kappa shape index (κ2) is 6.14. The number of hydrogen-bond acceptors (Lipinski definition) is 4. The monoisotopic (exact) mass is 363 g/mol. The van der Waals surface area contributed by atoms with Crippen LogP contribution in [0.4, 0.5) is 5.69 Å². The molecular weight excluding hydrogens is 350 g/mol. The second-order valence-corrected chi connectivity index (χ2v) is 5.53. The molecule has 3 aromatic heterocycles. The van der Waals surface area contributed by atoms with Crippen molar-refractivity contribution in [2.75, 3.05) is 5.32 Å². The van der Waals surface area contributed by atoms with Crippen molar-refractivity contribution in [1.82, 2.24) is 29.8 Å². The maximum atomic E-state index is 12.0. The SMILES string of the molecule is CCn1cc(Cn2cc(NC(=O)c3[nH]ncc3Br)cn2)cn1. The largest absolute Gasteiger partial charge is 0.318 e. The molecule has 114 valence electrons. The number of anilines is 1. The zero-order chi connectivity index (χ0) is 15.5. The molecular formula is C13H14BrN7O. The molecule has 0 spiro atoms. The number of aromatic nitrogens is 6. The fourth-order valence-corrected chi connectivity index (χ4v) is 2.36. The number of carbonyl (C=O) groups excluding carboxylic acids is 1. The molecule has 2 N–H and O–H groups in total. The van der Waals surface area contributed by atoms with Crippen LogP contribution in [-0.4, -0.2) is 35.7 Å². The maximum Gasteiger partial charge on any atom is 0.274 e. The van der Waals surface area contributed by atoms with Crippen LogP contribution in [0.15, 0.2) is 35.5 Å². The number of halogens is 1. The summed E-state index contributed by atoms with van der Waals surface area (Å²) in [6.45, 7) is 3.47. The number of hydrogen-bond donors (Lipinski definition) is 2. The van der Waals surface area contributed by atoms with Gasteiger partial charge >= 0.3 is 0 Å². The van der Waals surface area contributed by atoms with E-state index in [0.29, 0.717) is 22.4 Å². The van der Waals surface area contributed by atoms with Crippen LogP contribution in [0.25, 0.3) is 0 Å². The minimum Gasteiger partial charge on any atom is -0.318 e. The van der Waals surface area contributed by atoms with Crippen molar-refractivity contribution in [3.8, 4) is 0 Å². The van der Waals surface area contributed by atoms with Crippen molar-refractivity contribution in [2.24, 2.45) is 0 Å². The fourth-order valence-electron chi connectivity index (χ4n) is 1.99. The van der Waals surface area contributed by atoms with Gasteiger partial charge in [-0.2, -0.15) is 15.3 Å². The van der Waals surface area contributed by atoms with Gasteiger partial charge in [-0.25, -0.2) is 0 Å². The number of carbonyl (C=O) groups is 1. The van der Waals surface area contributed by atoms with Crippen LogP contribution in [0.3, 0.4) is 0 Å². The fraction of sp³-hybridized carbons (Fsp3) is 0.231. The van der Waals surface area contributed by atoms with Crippen LogP contribution < -0.4 is 5.32 Å². The summed E-state index contributed by atoms with van der Waals surface area (Å²) in [5.41, 5.74) is 2.05. The number of nitrogens with zero attached hydrogens (tertiary/aromatic N) is 5. The van der Waals surface area contributed by atoms with Gasteiger partial charge in [0, 0.05) is 24.5 Å². The lowest BCUT2D eigenvalue weighted by Crippen LogP contribution is -2.12. The molecule has 0 aliphatic rings. The van der Waals surface area contributed by atoms with Gasteiger partial charge in [-0.05, 0) is 22.9 Å². The van der Waals surface area contributed by atoms with Crippen LogP contribution in [0.5, 0.6) is 0 Å². The first-order valence-electron chi connectivity index (χ1n) is 6.69. The number of nitrogens with one attached hydrogen (secondary N) is 2. The van der Waals surface area contributed by atoms with E-state index < -0.39 is 0 Å². The molecule has 0 aromatic carbocycles. The quantitative estimate of drug-likeness (QED) is 0.723. The molecule has 0 radical (unpaired) electrons. The molecule has 0 saturated heterocycles. The first kappa shape index (κ1) is 14.5. The predicted octanol–water partition coefficient (Wildman–Crippen LogP) is 1.89. The van der Waals surface area contributed by atoms with E-state index in [2.05, 4.69) is 41.6 Å². The Morgan fingerprint density at radius 2 is 2.09 bits per heavy atom. The van der Waals surface area contributed by atoms with E-state index in [0.717, 1.165) is 12.1 Å². The summed E-state index contributed by atoms with van der Waals surface area (Å²) in [5, 5.41) is 17.6. The third-order valence-corrected chi connectivity index (χ3v) is 3.67. The highest BCUT2D eigenvalue weighted by atomic mass is 79.9. The van der Waals surface area contributed by atoms with Crippen LogP contribution in [-0.2, 0) is 13.1 Å². The molecule has 3 rings (SSSR count). The van der Waals surface area contributed by atoms with Gasteiger partial charge in [0.25, 0.3) is 5.91 Å². The number of aromatic amines is 1. The molecule has 0 aliphatic carbocycles. The highest BCUT2D eigenvalue weighted by Crippen LogP contribution is 2.15. The van der Waals surface area contributed by atoms with Gasteiger partial charge in [0.1, 0.15) is 5.69 Å². The summed E-state index contributed by atoms with van der Waals surface area (Å²) in [4.78, 5) is 12.0. The lowest BCUT2D eigenvalue weighted by atomic mass is 10.3. The van der Waals surface area contributed by atoms with Crippen LogP contribution in [0, 0.1) is 0 Å². The summed E-state index contributed by atoms with van der Waals surface area (Å²) < 4.78 is 4.22. The maximum absolute atomic E-state index is 12.0. The first-order valence-corrected chi connectivity index (χ1v) is 7.49. The van der Waals surface area contributed by atoms with Crippen molar-refractivity contribution in [2.45, 2.75) is 20.0 Å². The van der Waals surface area contributed by atoms with E-state index in [4.69, 9.17) is 0 Å². The Morgan fingerprint density at radius 3 is 2.77 bits per heavy atom. The van der Waals surface area contributed by atoms with E-state index in [1.54, 1.807) is 17.1 Å². The number of amides is 1. The van der Waals surface area contributed by atoms with E-state index in [9.17, 15) is 4.79 Å². The standard InChI is InChI=1S/C13H14BrN7O/c1-2-20-6-9(3-16-20)7-21-8-10(4-17-21)18-13(22)12-11(14)5-15-19-12/h3-6,8H,2,7H2,1H3,(H,15,19)(H,18,22). The Bertz CT molecular complexity index is 788. The minimum atomic E-state index is -0.275. The summed E-state index contributed by atoms with van der Waals surface area (Å²) in [7, 11) is 0. The Morgan fingerprint density at radius 1 is 1.27 bits per heavy atom. The van der Waals surface area contributed by atoms with Crippen molar-refractivity contribution in [3.63, 3.8) is 0 Å². The van der Waals surface area contributed by atoms with Gasteiger partial charge in [-0.15, -0.1) is 0 Å². The molecule has 8 nitrogen and oxygen atoms in total. The van der Waals surface area contributed by atoms with Crippen molar-refractivity contribution >= 4 is 27.5 Å². The highest BCUT2D eigenvalue weighted by molar-refractivity contribution is 9.10. The van der Waals surface area contributed by atoms with Crippen molar-refractivity contribution in [1.29, 1.82) is 0 Å². The Kier molecular flexibility index (Phi) is 4.05. The smallest absolute Gasteiger partial charge is 0.274 e. The highest BCUT2D eigenvalue weighted by Gasteiger charge is 2.13. The summed E-state index contributed by atoms with van der Waals surface area (Å²) in [6, 6.07) is 0. The Balaban J connectivity index is 1.66. The van der Waals surface area contributed by atoms with Crippen molar-refractivity contribution < 1.29 is 4.79 Å². The van der Waals surface area contributed by atoms with E-state index in [1.807, 2.05) is 24.0 Å². The zero-order valence-electron chi connectivity index (χ0n) is 11.8. The summed E-state index contributed by atoms with van der Waals surface area (Å²) in [6.07, 6.45) is 8.69. The van der Waals surface area contributed by atoms with Crippen molar-refractivity contribution in [3.05, 3.63) is 46.7 Å². The molecule has 0 aliphatic heterocycles. The molecule has 3 aromatic rings. The van der Waals surface area contributed by atoms with Gasteiger partial charge in [0.2, 0.25) is 0 Å². The molecule has 22 heavy (non-hydrogen) atoms. The minimum absolute atomic E-state index is 0.275. The average Bonchev–Trinajstić information content (AvgIpc) is 3.21. The molecule has 0 atom stereocenters. The molecule has 0 saturated carbocycles. The van der Waals surface area contributed by atoms with Crippen LogP contribution in [0.1, 0.15) is 23.0 Å². The van der Waals surface area contributed by atoms with Crippen LogP contribution in [0.2, 0.25) is 0 Å². The molecule has 1 amide bonds. The summed E-state index contributed by atoms with van der Waals surface area (Å²) in [5.74, 6) is -0.275. The third-order valence-electron chi connectivity index (χ3n) is 3.07.